The minimum atomic E-state index is 0.454. The van der Waals surface area contributed by atoms with Crippen LogP contribution >= 0.6 is 34.5 Å². The summed E-state index contributed by atoms with van der Waals surface area (Å²) < 4.78 is 0. The molecule has 5 heteroatoms. The number of nitrogens with zero attached hydrogens (tertiary/aromatic N) is 1. The molecule has 0 aliphatic rings. The van der Waals surface area contributed by atoms with Crippen LogP contribution in [0.2, 0.25) is 10.0 Å². The van der Waals surface area contributed by atoms with Crippen LogP contribution in [-0.4, -0.2) is 4.98 Å². The molecular weight excluding hydrogens is 251 g/mol. The molecule has 1 aromatic carbocycles. The van der Waals surface area contributed by atoms with E-state index < -0.39 is 0 Å². The Morgan fingerprint density at radius 3 is 2.73 bits per heavy atom. The summed E-state index contributed by atoms with van der Waals surface area (Å²) in [7, 11) is 0. The van der Waals surface area contributed by atoms with Crippen LogP contribution in [0.25, 0.3) is 11.3 Å². The molecule has 0 saturated carbocycles. The standard InChI is InChI=1S/C10H8Cl2N2S/c11-6-1-2-7(8(12)3-6)9-5-15-10(4-13)14-9/h1-3,5H,4,13H2. The Kier molecular flexibility index (Phi) is 3.26. The average molecular weight is 259 g/mol. The highest BCUT2D eigenvalue weighted by molar-refractivity contribution is 7.09. The number of halogens is 2. The molecule has 0 unspecified atom stereocenters. The lowest BCUT2D eigenvalue weighted by Gasteiger charge is -2.00. The molecular formula is C10H8Cl2N2S. The third-order valence-corrected chi connectivity index (χ3v) is 3.35. The zero-order valence-corrected chi connectivity index (χ0v) is 10.0. The highest BCUT2D eigenvalue weighted by Crippen LogP contribution is 2.30. The number of benzene rings is 1. The molecule has 2 rings (SSSR count). The molecule has 15 heavy (non-hydrogen) atoms. The molecule has 1 heterocycles. The maximum atomic E-state index is 6.07. The van der Waals surface area contributed by atoms with Crippen molar-refractivity contribution >= 4 is 34.5 Å². The molecule has 78 valence electrons. The molecule has 0 spiro atoms. The van der Waals surface area contributed by atoms with Gasteiger partial charge in [0.15, 0.2) is 0 Å². The van der Waals surface area contributed by atoms with Crippen molar-refractivity contribution in [2.24, 2.45) is 5.73 Å². The number of thiazole rings is 1. The number of nitrogens with two attached hydrogens (primary N) is 1. The van der Waals surface area contributed by atoms with Gasteiger partial charge in [-0.05, 0) is 18.2 Å². The first-order valence-corrected chi connectivity index (χ1v) is 5.94. The van der Waals surface area contributed by atoms with Gasteiger partial charge in [-0.3, -0.25) is 0 Å². The van der Waals surface area contributed by atoms with Crippen LogP contribution in [0.4, 0.5) is 0 Å². The Balaban J connectivity index is 2.44. The van der Waals surface area contributed by atoms with Gasteiger partial charge < -0.3 is 5.73 Å². The van der Waals surface area contributed by atoms with Crippen LogP contribution < -0.4 is 5.73 Å². The number of rotatable bonds is 2. The Hall–Kier alpha value is -0.610. The van der Waals surface area contributed by atoms with E-state index in [0.717, 1.165) is 16.3 Å². The lowest BCUT2D eigenvalue weighted by Crippen LogP contribution is -1.94. The Morgan fingerprint density at radius 2 is 2.13 bits per heavy atom. The van der Waals surface area contributed by atoms with Crippen LogP contribution in [0.3, 0.4) is 0 Å². The summed E-state index contributed by atoms with van der Waals surface area (Å²) >= 11 is 13.4. The fourth-order valence-electron chi connectivity index (χ4n) is 1.23. The third kappa shape index (κ3) is 2.32. The van der Waals surface area contributed by atoms with Crippen molar-refractivity contribution in [2.75, 3.05) is 0 Å². The molecule has 0 fully saturated rings. The molecule has 2 nitrogen and oxygen atoms in total. The van der Waals surface area contributed by atoms with E-state index in [1.54, 1.807) is 12.1 Å². The predicted molar refractivity (Wildman–Crippen MR) is 65.5 cm³/mol. The summed E-state index contributed by atoms with van der Waals surface area (Å²) in [6.45, 7) is 0.454. The topological polar surface area (TPSA) is 38.9 Å². The second kappa shape index (κ2) is 4.49. The number of hydrogen-bond acceptors (Lipinski definition) is 3. The molecule has 0 amide bonds. The van der Waals surface area contributed by atoms with Crippen molar-refractivity contribution in [3.8, 4) is 11.3 Å². The van der Waals surface area contributed by atoms with Gasteiger partial charge in [-0.25, -0.2) is 4.98 Å². The van der Waals surface area contributed by atoms with Gasteiger partial charge in [0.05, 0.1) is 10.7 Å². The van der Waals surface area contributed by atoms with E-state index in [0.29, 0.717) is 16.6 Å². The maximum Gasteiger partial charge on any atom is 0.107 e. The van der Waals surface area contributed by atoms with E-state index in [4.69, 9.17) is 28.9 Å². The van der Waals surface area contributed by atoms with Crippen LogP contribution in [0.5, 0.6) is 0 Å². The van der Waals surface area contributed by atoms with Gasteiger partial charge in [0, 0.05) is 22.5 Å². The first-order chi connectivity index (χ1) is 7.20. The molecule has 0 bridgehead atoms. The smallest absolute Gasteiger partial charge is 0.107 e. The minimum absolute atomic E-state index is 0.454. The molecule has 0 saturated heterocycles. The van der Waals surface area contributed by atoms with Crippen LogP contribution in [0.15, 0.2) is 23.6 Å². The van der Waals surface area contributed by atoms with Crippen LogP contribution in [-0.2, 0) is 6.54 Å². The van der Waals surface area contributed by atoms with Gasteiger partial charge in [0.2, 0.25) is 0 Å². The normalized spacial score (nSPS) is 10.6. The molecule has 0 aliphatic heterocycles. The molecule has 2 N–H and O–H groups in total. The molecule has 0 radical (unpaired) electrons. The Labute approximate surface area is 102 Å². The highest BCUT2D eigenvalue weighted by Gasteiger charge is 2.07. The fraction of sp³-hybridized carbons (Fsp3) is 0.100. The van der Waals surface area contributed by atoms with E-state index in [1.807, 2.05) is 11.4 Å². The van der Waals surface area contributed by atoms with Crippen LogP contribution in [0.1, 0.15) is 5.01 Å². The minimum Gasteiger partial charge on any atom is -0.325 e. The van der Waals surface area contributed by atoms with Gasteiger partial charge in [0.25, 0.3) is 0 Å². The van der Waals surface area contributed by atoms with Gasteiger partial charge in [0.1, 0.15) is 5.01 Å². The van der Waals surface area contributed by atoms with Crippen molar-refractivity contribution in [3.63, 3.8) is 0 Å². The lowest BCUT2D eigenvalue weighted by molar-refractivity contribution is 1.04. The Bertz CT molecular complexity index is 482. The summed E-state index contributed by atoms with van der Waals surface area (Å²) in [6, 6.07) is 5.37. The van der Waals surface area contributed by atoms with E-state index >= 15 is 0 Å². The molecule has 0 aliphatic carbocycles. The van der Waals surface area contributed by atoms with Crippen molar-refractivity contribution < 1.29 is 0 Å². The van der Waals surface area contributed by atoms with E-state index in [2.05, 4.69) is 4.98 Å². The van der Waals surface area contributed by atoms with Crippen LogP contribution in [0, 0.1) is 0 Å². The largest absolute Gasteiger partial charge is 0.325 e. The monoisotopic (exact) mass is 258 g/mol. The van der Waals surface area contributed by atoms with Crippen molar-refractivity contribution in [1.82, 2.24) is 4.98 Å². The summed E-state index contributed by atoms with van der Waals surface area (Å²) in [5.74, 6) is 0. The first-order valence-electron chi connectivity index (χ1n) is 4.30. The summed E-state index contributed by atoms with van der Waals surface area (Å²) in [5, 5.41) is 4.07. The van der Waals surface area contributed by atoms with E-state index in [-0.39, 0.29) is 0 Å². The maximum absolute atomic E-state index is 6.07. The summed E-state index contributed by atoms with van der Waals surface area (Å²) in [4.78, 5) is 4.36. The van der Waals surface area contributed by atoms with Crippen molar-refractivity contribution in [1.29, 1.82) is 0 Å². The molecule has 0 atom stereocenters. The van der Waals surface area contributed by atoms with Gasteiger partial charge in [-0.1, -0.05) is 23.2 Å². The van der Waals surface area contributed by atoms with Crippen molar-refractivity contribution in [3.05, 3.63) is 38.6 Å². The van der Waals surface area contributed by atoms with E-state index in [9.17, 15) is 0 Å². The predicted octanol–water partition coefficient (Wildman–Crippen LogP) is 3.58. The Morgan fingerprint density at radius 1 is 1.33 bits per heavy atom. The highest BCUT2D eigenvalue weighted by atomic mass is 35.5. The van der Waals surface area contributed by atoms with Gasteiger partial charge >= 0.3 is 0 Å². The molecule has 1 aromatic heterocycles. The number of hydrogen-bond donors (Lipinski definition) is 1. The third-order valence-electron chi connectivity index (χ3n) is 1.93. The van der Waals surface area contributed by atoms with Gasteiger partial charge in [-0.2, -0.15) is 0 Å². The SMILES string of the molecule is NCc1nc(-c2ccc(Cl)cc2Cl)cs1. The zero-order chi connectivity index (χ0) is 10.8. The first kappa shape index (κ1) is 10.9. The average Bonchev–Trinajstić information content (AvgIpc) is 2.66. The lowest BCUT2D eigenvalue weighted by atomic mass is 10.2. The summed E-state index contributed by atoms with van der Waals surface area (Å²) in [6.07, 6.45) is 0. The quantitative estimate of drug-likeness (QED) is 0.895. The van der Waals surface area contributed by atoms with Gasteiger partial charge in [-0.15, -0.1) is 11.3 Å². The second-order valence-electron chi connectivity index (χ2n) is 2.95. The summed E-state index contributed by atoms with van der Waals surface area (Å²) in [5.41, 5.74) is 7.23. The number of aromatic nitrogens is 1. The molecule has 2 aromatic rings. The zero-order valence-electron chi connectivity index (χ0n) is 7.71. The second-order valence-corrected chi connectivity index (χ2v) is 4.74. The van der Waals surface area contributed by atoms with Crippen molar-refractivity contribution in [2.45, 2.75) is 6.54 Å². The van der Waals surface area contributed by atoms with E-state index in [1.165, 1.54) is 11.3 Å². The fourth-order valence-corrected chi connectivity index (χ4v) is 2.41.